The van der Waals surface area contributed by atoms with E-state index < -0.39 is 0 Å². The fourth-order valence-corrected chi connectivity index (χ4v) is 2.30. The van der Waals surface area contributed by atoms with Crippen LogP contribution in [-0.4, -0.2) is 9.55 Å². The molecule has 0 N–H and O–H groups in total. The van der Waals surface area contributed by atoms with E-state index in [4.69, 9.17) is 5.26 Å². The van der Waals surface area contributed by atoms with Gasteiger partial charge in [-0.2, -0.15) is 5.26 Å². The second kappa shape index (κ2) is 3.08. The molecule has 1 aliphatic rings. The van der Waals surface area contributed by atoms with Gasteiger partial charge in [0.05, 0.1) is 22.7 Å². The van der Waals surface area contributed by atoms with Gasteiger partial charge in [-0.1, -0.05) is 6.92 Å². The summed E-state index contributed by atoms with van der Waals surface area (Å²) in [5.41, 5.74) is 2.74. The largest absolute Gasteiger partial charge is 0.331 e. The number of rotatable bonds is 1. The third-order valence-corrected chi connectivity index (χ3v) is 3.49. The Morgan fingerprint density at radius 3 is 2.88 bits per heavy atom. The van der Waals surface area contributed by atoms with Crippen LogP contribution >= 0.6 is 0 Å². The minimum absolute atomic E-state index is 0.614. The van der Waals surface area contributed by atoms with E-state index in [0.29, 0.717) is 11.5 Å². The van der Waals surface area contributed by atoms with Gasteiger partial charge in [0.25, 0.3) is 0 Å². The minimum atomic E-state index is 0.614. The quantitative estimate of drug-likeness (QED) is 0.727. The number of benzene rings is 1. The number of aromatic nitrogens is 2. The molecule has 0 amide bonds. The first-order chi connectivity index (χ1) is 7.70. The van der Waals surface area contributed by atoms with E-state index in [0.717, 1.165) is 22.8 Å². The van der Waals surface area contributed by atoms with Crippen molar-refractivity contribution in [3.8, 4) is 6.07 Å². The summed E-state index contributed by atoms with van der Waals surface area (Å²) in [5.74, 6) is 2.53. The maximum atomic E-state index is 8.85. The smallest absolute Gasteiger partial charge is 0.113 e. The second-order valence-corrected chi connectivity index (χ2v) is 4.66. The van der Waals surface area contributed by atoms with Gasteiger partial charge in [-0.25, -0.2) is 4.98 Å². The number of hydrogen-bond acceptors (Lipinski definition) is 2. The molecular formula is C13H13N3. The normalized spacial score (nSPS) is 23.3. The molecule has 16 heavy (non-hydrogen) atoms. The summed E-state index contributed by atoms with van der Waals surface area (Å²) in [6, 6.07) is 7.85. The number of imidazole rings is 1. The van der Waals surface area contributed by atoms with Crippen LogP contribution < -0.4 is 0 Å². The van der Waals surface area contributed by atoms with E-state index in [1.807, 2.05) is 18.2 Å². The van der Waals surface area contributed by atoms with Crippen molar-refractivity contribution < 1.29 is 0 Å². The summed E-state index contributed by atoms with van der Waals surface area (Å²) in [4.78, 5) is 4.65. The zero-order valence-electron chi connectivity index (χ0n) is 9.44. The summed E-state index contributed by atoms with van der Waals surface area (Å²) in [7, 11) is 2.06. The highest BCUT2D eigenvalue weighted by atomic mass is 15.1. The van der Waals surface area contributed by atoms with Crippen molar-refractivity contribution in [3.05, 3.63) is 29.6 Å². The lowest BCUT2D eigenvalue weighted by molar-refractivity contribution is 0.779. The lowest BCUT2D eigenvalue weighted by Crippen LogP contribution is -1.95. The van der Waals surface area contributed by atoms with Crippen LogP contribution in [0.1, 0.15) is 30.7 Å². The maximum Gasteiger partial charge on any atom is 0.113 e. The Bertz CT molecular complexity index is 603. The standard InChI is InChI=1S/C13H13N3/c1-8-5-10(8)13-15-11-6-9(7-14)3-4-12(11)16(13)2/h3-4,6,8,10H,5H2,1-2H3. The molecule has 0 bridgehead atoms. The van der Waals surface area contributed by atoms with E-state index in [1.54, 1.807) is 0 Å². The number of fused-ring (bicyclic) bond motifs is 1. The molecule has 1 aliphatic carbocycles. The molecule has 0 aliphatic heterocycles. The second-order valence-electron chi connectivity index (χ2n) is 4.66. The fraction of sp³-hybridized carbons (Fsp3) is 0.385. The molecule has 0 spiro atoms. The van der Waals surface area contributed by atoms with E-state index >= 15 is 0 Å². The highest BCUT2D eigenvalue weighted by Gasteiger charge is 2.37. The minimum Gasteiger partial charge on any atom is -0.331 e. The summed E-state index contributed by atoms with van der Waals surface area (Å²) < 4.78 is 2.16. The Morgan fingerprint density at radius 2 is 2.25 bits per heavy atom. The number of hydrogen-bond donors (Lipinski definition) is 0. The predicted octanol–water partition coefficient (Wildman–Crippen LogP) is 2.57. The molecule has 2 atom stereocenters. The molecule has 1 fully saturated rings. The van der Waals surface area contributed by atoms with E-state index in [2.05, 4.69) is 29.6 Å². The summed E-state index contributed by atoms with van der Waals surface area (Å²) in [6.45, 7) is 2.25. The fourth-order valence-electron chi connectivity index (χ4n) is 2.30. The third kappa shape index (κ3) is 1.23. The average molecular weight is 211 g/mol. The Labute approximate surface area is 94.3 Å². The Morgan fingerprint density at radius 1 is 1.50 bits per heavy atom. The van der Waals surface area contributed by atoms with Gasteiger partial charge in [-0.05, 0) is 30.5 Å². The maximum absolute atomic E-state index is 8.85. The van der Waals surface area contributed by atoms with Crippen LogP contribution in [0.15, 0.2) is 18.2 Å². The van der Waals surface area contributed by atoms with Gasteiger partial charge >= 0.3 is 0 Å². The van der Waals surface area contributed by atoms with Crippen LogP contribution in [0.5, 0.6) is 0 Å². The van der Waals surface area contributed by atoms with Crippen molar-refractivity contribution in [2.75, 3.05) is 0 Å². The summed E-state index contributed by atoms with van der Waals surface area (Å²) >= 11 is 0. The molecule has 2 unspecified atom stereocenters. The topological polar surface area (TPSA) is 41.6 Å². The highest BCUT2D eigenvalue weighted by Crippen LogP contribution is 2.46. The summed E-state index contributed by atoms with van der Waals surface area (Å²) in [5, 5.41) is 8.85. The van der Waals surface area contributed by atoms with Gasteiger partial charge < -0.3 is 4.57 Å². The first kappa shape index (κ1) is 9.41. The van der Waals surface area contributed by atoms with Crippen molar-refractivity contribution in [2.24, 2.45) is 13.0 Å². The first-order valence-electron chi connectivity index (χ1n) is 5.57. The molecule has 1 aromatic carbocycles. The van der Waals surface area contributed by atoms with Crippen LogP contribution in [0.4, 0.5) is 0 Å². The zero-order chi connectivity index (χ0) is 11.3. The predicted molar refractivity (Wildman–Crippen MR) is 62.0 cm³/mol. The SMILES string of the molecule is CC1CC1c1nc2cc(C#N)ccc2n1C. The number of nitrogens with zero attached hydrogens (tertiary/aromatic N) is 3. The Balaban J connectivity index is 2.19. The van der Waals surface area contributed by atoms with Crippen LogP contribution in [0.3, 0.4) is 0 Å². The Kier molecular flexibility index (Phi) is 1.81. The Hall–Kier alpha value is -1.82. The van der Waals surface area contributed by atoms with E-state index in [-0.39, 0.29) is 0 Å². The van der Waals surface area contributed by atoms with Crippen molar-refractivity contribution in [1.29, 1.82) is 5.26 Å². The van der Waals surface area contributed by atoms with Crippen LogP contribution in [-0.2, 0) is 7.05 Å². The van der Waals surface area contributed by atoms with Gasteiger partial charge in [0.1, 0.15) is 5.82 Å². The lowest BCUT2D eigenvalue weighted by atomic mass is 10.2. The third-order valence-electron chi connectivity index (χ3n) is 3.49. The van der Waals surface area contributed by atoms with Crippen molar-refractivity contribution in [2.45, 2.75) is 19.3 Å². The van der Waals surface area contributed by atoms with Crippen LogP contribution in [0, 0.1) is 17.2 Å². The molecule has 3 rings (SSSR count). The molecule has 1 saturated carbocycles. The van der Waals surface area contributed by atoms with Gasteiger partial charge in [0.2, 0.25) is 0 Å². The molecule has 2 aromatic rings. The van der Waals surface area contributed by atoms with Gasteiger partial charge in [-0.15, -0.1) is 0 Å². The van der Waals surface area contributed by atoms with Gasteiger partial charge in [0.15, 0.2) is 0 Å². The van der Waals surface area contributed by atoms with Crippen molar-refractivity contribution in [3.63, 3.8) is 0 Å². The highest BCUT2D eigenvalue weighted by molar-refractivity contribution is 5.77. The molecule has 1 heterocycles. The van der Waals surface area contributed by atoms with Crippen molar-refractivity contribution in [1.82, 2.24) is 9.55 Å². The molecular weight excluding hydrogens is 198 g/mol. The van der Waals surface area contributed by atoms with Gasteiger partial charge in [0, 0.05) is 13.0 Å². The monoisotopic (exact) mass is 211 g/mol. The van der Waals surface area contributed by atoms with Crippen molar-refractivity contribution >= 4 is 11.0 Å². The molecule has 0 saturated heterocycles. The van der Waals surface area contributed by atoms with Crippen LogP contribution in [0.2, 0.25) is 0 Å². The van der Waals surface area contributed by atoms with Gasteiger partial charge in [-0.3, -0.25) is 0 Å². The van der Waals surface area contributed by atoms with Crippen LogP contribution in [0.25, 0.3) is 11.0 Å². The molecule has 1 aromatic heterocycles. The zero-order valence-corrected chi connectivity index (χ0v) is 9.44. The molecule has 3 heteroatoms. The average Bonchev–Trinajstić information content (AvgIpc) is 2.92. The lowest BCUT2D eigenvalue weighted by Gasteiger charge is -1.99. The van der Waals surface area contributed by atoms with E-state index in [9.17, 15) is 0 Å². The van der Waals surface area contributed by atoms with E-state index in [1.165, 1.54) is 6.42 Å². The molecule has 3 nitrogen and oxygen atoms in total. The molecule has 80 valence electrons. The summed E-state index contributed by atoms with van der Waals surface area (Å²) in [6.07, 6.45) is 1.24. The first-order valence-corrected chi connectivity index (χ1v) is 5.57. The number of aryl methyl sites for hydroxylation is 1. The molecule has 0 radical (unpaired) electrons. The number of nitriles is 1.